The number of benzene rings is 1. The van der Waals surface area contributed by atoms with E-state index in [2.05, 4.69) is 25.5 Å². The van der Waals surface area contributed by atoms with Crippen LogP contribution in [-0.2, 0) is 0 Å². The summed E-state index contributed by atoms with van der Waals surface area (Å²) in [7, 11) is 1.65. The fourth-order valence-corrected chi connectivity index (χ4v) is 2.09. The third kappa shape index (κ3) is 2.27. The van der Waals surface area contributed by atoms with Gasteiger partial charge in [-0.25, -0.2) is 9.97 Å². The molecule has 0 aliphatic heterocycles. The van der Waals surface area contributed by atoms with Crippen LogP contribution in [0, 0.1) is 0 Å². The van der Waals surface area contributed by atoms with Gasteiger partial charge in [-0.2, -0.15) is 5.10 Å². The molecule has 2 N–H and O–H groups in total. The van der Waals surface area contributed by atoms with Gasteiger partial charge in [0.15, 0.2) is 0 Å². The summed E-state index contributed by atoms with van der Waals surface area (Å²) in [4.78, 5) is 8.55. The van der Waals surface area contributed by atoms with E-state index in [1.165, 1.54) is 6.33 Å². The van der Waals surface area contributed by atoms with Crippen LogP contribution in [0.1, 0.15) is 18.8 Å². The first-order valence-electron chi connectivity index (χ1n) is 6.32. The van der Waals surface area contributed by atoms with Crippen LogP contribution in [0.15, 0.2) is 36.8 Å². The molecule has 3 aromatic rings. The van der Waals surface area contributed by atoms with Gasteiger partial charge in [0.2, 0.25) is 0 Å². The largest absolute Gasteiger partial charge is 0.497 e. The lowest BCUT2D eigenvalue weighted by atomic mass is 10.1. The molecule has 1 aromatic carbocycles. The van der Waals surface area contributed by atoms with Crippen molar-refractivity contribution in [2.75, 3.05) is 12.4 Å². The summed E-state index contributed by atoms with van der Waals surface area (Å²) < 4.78 is 5.27. The average Bonchev–Trinajstić information content (AvgIpc) is 3.01. The van der Waals surface area contributed by atoms with E-state index in [4.69, 9.17) is 4.74 Å². The molecular weight excluding hydrogens is 254 g/mol. The minimum atomic E-state index is -0.0122. The lowest BCUT2D eigenvalue weighted by Crippen LogP contribution is -2.10. The number of anilines is 1. The van der Waals surface area contributed by atoms with Crippen LogP contribution in [-0.4, -0.2) is 27.3 Å². The molecule has 2 heterocycles. The molecule has 0 fully saturated rings. The van der Waals surface area contributed by atoms with Crippen molar-refractivity contribution in [3.05, 3.63) is 42.6 Å². The molecule has 0 saturated heterocycles. The summed E-state index contributed by atoms with van der Waals surface area (Å²) in [5, 5.41) is 12.2. The number of rotatable bonds is 4. The van der Waals surface area contributed by atoms with E-state index < -0.39 is 0 Å². The molecule has 6 nitrogen and oxygen atoms in total. The maximum Gasteiger partial charge on any atom is 0.146 e. The highest BCUT2D eigenvalue weighted by atomic mass is 16.5. The van der Waals surface area contributed by atoms with Gasteiger partial charge in [0.1, 0.15) is 23.7 Å². The number of ether oxygens (including phenoxy) is 1. The van der Waals surface area contributed by atoms with Gasteiger partial charge in [0, 0.05) is 11.6 Å². The maximum atomic E-state index is 5.27. The van der Waals surface area contributed by atoms with Gasteiger partial charge in [0.25, 0.3) is 0 Å². The average molecular weight is 269 g/mol. The normalized spacial score (nSPS) is 12.3. The molecule has 0 bridgehead atoms. The Hall–Kier alpha value is -2.63. The van der Waals surface area contributed by atoms with Crippen LogP contribution in [0.5, 0.6) is 5.75 Å². The van der Waals surface area contributed by atoms with E-state index in [1.54, 1.807) is 13.3 Å². The molecule has 3 rings (SSSR count). The monoisotopic (exact) mass is 269 g/mol. The number of aromatic nitrogens is 4. The molecule has 0 aliphatic rings. The van der Waals surface area contributed by atoms with Crippen LogP contribution in [0.3, 0.4) is 0 Å². The fraction of sp³-hybridized carbons (Fsp3) is 0.214. The summed E-state index contributed by atoms with van der Waals surface area (Å²) in [6.07, 6.45) is 3.28. The van der Waals surface area contributed by atoms with Gasteiger partial charge in [-0.3, -0.25) is 5.10 Å². The predicted molar refractivity (Wildman–Crippen MR) is 76.7 cm³/mol. The van der Waals surface area contributed by atoms with Crippen molar-refractivity contribution in [3.8, 4) is 5.75 Å². The molecule has 20 heavy (non-hydrogen) atoms. The zero-order chi connectivity index (χ0) is 13.9. The van der Waals surface area contributed by atoms with Crippen molar-refractivity contribution in [1.82, 2.24) is 20.2 Å². The third-order valence-corrected chi connectivity index (χ3v) is 3.17. The summed E-state index contributed by atoms with van der Waals surface area (Å²) in [6.45, 7) is 2.00. The quantitative estimate of drug-likeness (QED) is 0.761. The maximum absolute atomic E-state index is 5.27. The van der Waals surface area contributed by atoms with Crippen molar-refractivity contribution >= 4 is 16.6 Å². The second kappa shape index (κ2) is 5.16. The number of hydrogen-bond acceptors (Lipinski definition) is 5. The molecule has 0 amide bonds. The first-order valence-corrected chi connectivity index (χ1v) is 6.32. The van der Waals surface area contributed by atoms with Crippen LogP contribution >= 0.6 is 0 Å². The second-order valence-corrected chi connectivity index (χ2v) is 4.48. The van der Waals surface area contributed by atoms with Gasteiger partial charge in [0.05, 0.1) is 13.2 Å². The summed E-state index contributed by atoms with van der Waals surface area (Å²) >= 11 is 0. The molecule has 1 unspecified atom stereocenters. The Kier molecular flexibility index (Phi) is 3.20. The summed E-state index contributed by atoms with van der Waals surface area (Å²) in [6, 6.07) is 7.88. The molecule has 0 aliphatic carbocycles. The lowest BCUT2D eigenvalue weighted by Gasteiger charge is -2.14. The van der Waals surface area contributed by atoms with Gasteiger partial charge in [-0.1, -0.05) is 6.07 Å². The van der Waals surface area contributed by atoms with Crippen LogP contribution < -0.4 is 10.1 Å². The first kappa shape index (κ1) is 12.4. The topological polar surface area (TPSA) is 75.7 Å². The molecular formula is C14H15N5O. The van der Waals surface area contributed by atoms with E-state index in [0.29, 0.717) is 0 Å². The first-order chi connectivity index (χ1) is 9.78. The Balaban J connectivity index is 1.98. The van der Waals surface area contributed by atoms with E-state index in [1.807, 2.05) is 31.2 Å². The van der Waals surface area contributed by atoms with Gasteiger partial charge >= 0.3 is 0 Å². The minimum absolute atomic E-state index is 0.0122. The van der Waals surface area contributed by atoms with Crippen molar-refractivity contribution in [3.63, 3.8) is 0 Å². The highest BCUT2D eigenvalue weighted by Crippen LogP contribution is 2.27. The smallest absolute Gasteiger partial charge is 0.146 e. The van der Waals surface area contributed by atoms with E-state index >= 15 is 0 Å². The summed E-state index contributed by atoms with van der Waals surface area (Å²) in [5.74, 6) is 2.37. The predicted octanol–water partition coefficient (Wildman–Crippen LogP) is 2.53. The lowest BCUT2D eigenvalue weighted by molar-refractivity contribution is 0.415. The van der Waals surface area contributed by atoms with Crippen molar-refractivity contribution < 1.29 is 4.74 Å². The highest BCUT2D eigenvalue weighted by Gasteiger charge is 2.11. The minimum Gasteiger partial charge on any atom is -0.497 e. The van der Waals surface area contributed by atoms with Crippen molar-refractivity contribution in [1.29, 1.82) is 0 Å². The molecule has 0 radical (unpaired) electrons. The molecule has 6 heteroatoms. The van der Waals surface area contributed by atoms with Crippen LogP contribution in [0.25, 0.3) is 10.8 Å². The zero-order valence-electron chi connectivity index (χ0n) is 11.3. The van der Waals surface area contributed by atoms with E-state index in [9.17, 15) is 0 Å². The van der Waals surface area contributed by atoms with Gasteiger partial charge in [-0.15, -0.1) is 0 Å². The Bertz CT molecular complexity index is 711. The van der Waals surface area contributed by atoms with Gasteiger partial charge in [-0.05, 0) is 30.5 Å². The fourth-order valence-electron chi connectivity index (χ4n) is 2.09. The summed E-state index contributed by atoms with van der Waals surface area (Å²) in [5.41, 5.74) is 0. The number of H-pyrrole nitrogens is 1. The Morgan fingerprint density at radius 3 is 2.90 bits per heavy atom. The zero-order valence-corrected chi connectivity index (χ0v) is 11.3. The number of nitrogens with zero attached hydrogens (tertiary/aromatic N) is 3. The standard InChI is InChI=1S/C14H15N5O/c1-9(13-16-8-17-19-13)18-14-12-7-11(20-2)4-3-10(12)5-6-15-14/h3-9H,1-2H3,(H,15,18)(H,16,17,19). The number of pyridine rings is 1. The molecule has 0 saturated carbocycles. The number of fused-ring (bicyclic) bond motifs is 1. The molecule has 1 atom stereocenters. The van der Waals surface area contributed by atoms with E-state index in [-0.39, 0.29) is 6.04 Å². The Morgan fingerprint density at radius 2 is 2.15 bits per heavy atom. The van der Waals surface area contributed by atoms with Crippen molar-refractivity contribution in [2.24, 2.45) is 0 Å². The molecule has 0 spiro atoms. The molecule has 102 valence electrons. The SMILES string of the molecule is COc1ccc2ccnc(NC(C)c3ncn[nH]3)c2c1. The number of nitrogens with one attached hydrogen (secondary N) is 2. The van der Waals surface area contributed by atoms with Crippen molar-refractivity contribution in [2.45, 2.75) is 13.0 Å². The Morgan fingerprint density at radius 1 is 1.25 bits per heavy atom. The second-order valence-electron chi connectivity index (χ2n) is 4.48. The number of hydrogen-bond donors (Lipinski definition) is 2. The number of methoxy groups -OCH3 is 1. The third-order valence-electron chi connectivity index (χ3n) is 3.17. The highest BCUT2D eigenvalue weighted by molar-refractivity contribution is 5.92. The van der Waals surface area contributed by atoms with Crippen LogP contribution in [0.2, 0.25) is 0 Å². The van der Waals surface area contributed by atoms with E-state index in [0.717, 1.165) is 28.2 Å². The Labute approximate surface area is 116 Å². The number of aromatic amines is 1. The molecule has 2 aromatic heterocycles. The van der Waals surface area contributed by atoms with Gasteiger partial charge < -0.3 is 10.1 Å². The van der Waals surface area contributed by atoms with Crippen LogP contribution in [0.4, 0.5) is 5.82 Å².